The highest BCUT2D eigenvalue weighted by Crippen LogP contribution is 2.27. The summed E-state index contributed by atoms with van der Waals surface area (Å²) in [6.45, 7) is -0.613. The minimum atomic E-state index is -0.720. The van der Waals surface area contributed by atoms with E-state index in [9.17, 15) is 14.4 Å². The number of hydrogen-bond donors (Lipinski definition) is 1. The molecule has 0 fully saturated rings. The van der Waals surface area contributed by atoms with Gasteiger partial charge in [-0.1, -0.05) is 18.2 Å². The molecule has 0 saturated heterocycles. The Labute approximate surface area is 162 Å². The van der Waals surface area contributed by atoms with Gasteiger partial charge in [0.2, 0.25) is 0 Å². The zero-order valence-electron chi connectivity index (χ0n) is 15.6. The number of hydrogen-bond acceptors (Lipinski definition) is 7. The summed E-state index contributed by atoms with van der Waals surface area (Å²) in [6, 6.07) is 11.7. The molecule has 2 aromatic carbocycles. The first-order chi connectivity index (χ1) is 13.6. The van der Waals surface area contributed by atoms with Crippen LogP contribution in [0.1, 0.15) is 15.9 Å². The Morgan fingerprint density at radius 2 is 1.71 bits per heavy atom. The Balaban J connectivity index is 1.74. The molecule has 0 aliphatic carbocycles. The average molecular weight is 387 g/mol. The average Bonchev–Trinajstić information content (AvgIpc) is 2.74. The number of ether oxygens (including phenoxy) is 4. The van der Waals surface area contributed by atoms with Crippen LogP contribution in [0, 0.1) is 0 Å². The maximum Gasteiger partial charge on any atom is 0.344 e. The van der Waals surface area contributed by atoms with Crippen LogP contribution in [0.2, 0.25) is 0 Å². The molecule has 2 rings (SSSR count). The van der Waals surface area contributed by atoms with E-state index >= 15 is 0 Å². The minimum Gasteiger partial charge on any atom is -0.493 e. The first-order valence-corrected chi connectivity index (χ1v) is 8.37. The standard InChI is InChI=1S/C20H21NO7/c1-25-17-8-7-14(9-18(17)26-2)10-21-19(23)12-28-20(24)13-27-16-6-4-3-5-15(16)11-22/h3-9,11H,10,12-13H2,1-2H3,(H,21,23). The molecular formula is C20H21NO7. The van der Waals surface area contributed by atoms with Crippen LogP contribution < -0.4 is 19.5 Å². The Morgan fingerprint density at radius 3 is 2.43 bits per heavy atom. The number of methoxy groups -OCH3 is 2. The monoisotopic (exact) mass is 387 g/mol. The lowest BCUT2D eigenvalue weighted by Gasteiger charge is -2.11. The SMILES string of the molecule is COc1ccc(CNC(=O)COC(=O)COc2ccccc2C=O)cc1OC. The highest BCUT2D eigenvalue weighted by molar-refractivity contribution is 5.81. The summed E-state index contributed by atoms with van der Waals surface area (Å²) < 4.78 is 20.4. The van der Waals surface area contributed by atoms with Crippen LogP contribution in [0.5, 0.6) is 17.2 Å². The van der Waals surface area contributed by atoms with E-state index in [-0.39, 0.29) is 12.3 Å². The Morgan fingerprint density at radius 1 is 0.964 bits per heavy atom. The molecule has 8 nitrogen and oxygen atoms in total. The van der Waals surface area contributed by atoms with Gasteiger partial charge in [0.05, 0.1) is 19.8 Å². The van der Waals surface area contributed by atoms with E-state index in [1.807, 2.05) is 0 Å². The van der Waals surface area contributed by atoms with Gasteiger partial charge in [-0.15, -0.1) is 0 Å². The smallest absolute Gasteiger partial charge is 0.344 e. The van der Waals surface area contributed by atoms with Gasteiger partial charge in [-0.05, 0) is 29.8 Å². The fourth-order valence-electron chi connectivity index (χ4n) is 2.28. The number of benzene rings is 2. The van der Waals surface area contributed by atoms with Crippen molar-refractivity contribution in [3.8, 4) is 17.2 Å². The van der Waals surface area contributed by atoms with Crippen molar-refractivity contribution in [3.05, 3.63) is 53.6 Å². The van der Waals surface area contributed by atoms with Gasteiger partial charge < -0.3 is 24.3 Å². The zero-order valence-corrected chi connectivity index (χ0v) is 15.6. The molecule has 0 aromatic heterocycles. The number of aldehydes is 1. The second-order valence-electron chi connectivity index (χ2n) is 5.57. The largest absolute Gasteiger partial charge is 0.493 e. The van der Waals surface area contributed by atoms with Gasteiger partial charge in [-0.3, -0.25) is 9.59 Å². The lowest BCUT2D eigenvalue weighted by Crippen LogP contribution is -2.29. The van der Waals surface area contributed by atoms with Gasteiger partial charge in [0.1, 0.15) is 5.75 Å². The lowest BCUT2D eigenvalue weighted by atomic mass is 10.2. The topological polar surface area (TPSA) is 100 Å². The maximum absolute atomic E-state index is 11.8. The van der Waals surface area contributed by atoms with Crippen molar-refractivity contribution in [1.29, 1.82) is 0 Å². The van der Waals surface area contributed by atoms with E-state index in [0.717, 1.165) is 5.56 Å². The second kappa shape index (κ2) is 10.6. The molecule has 1 amide bonds. The number of amides is 1. The molecule has 148 valence electrons. The van der Waals surface area contributed by atoms with Gasteiger partial charge in [-0.2, -0.15) is 0 Å². The molecule has 0 heterocycles. The quantitative estimate of drug-likeness (QED) is 0.490. The molecular weight excluding hydrogens is 366 g/mol. The van der Waals surface area contributed by atoms with Crippen LogP contribution in [0.15, 0.2) is 42.5 Å². The third-order valence-electron chi connectivity index (χ3n) is 3.69. The predicted molar refractivity (Wildman–Crippen MR) is 99.7 cm³/mol. The van der Waals surface area contributed by atoms with E-state index in [1.165, 1.54) is 14.2 Å². The third-order valence-corrected chi connectivity index (χ3v) is 3.69. The summed E-state index contributed by atoms with van der Waals surface area (Å²) in [5.74, 6) is 0.224. The Kier molecular flexibility index (Phi) is 7.83. The molecule has 0 atom stereocenters. The van der Waals surface area contributed by atoms with Crippen LogP contribution in [0.4, 0.5) is 0 Å². The van der Waals surface area contributed by atoms with E-state index in [4.69, 9.17) is 18.9 Å². The molecule has 0 spiro atoms. The fraction of sp³-hybridized carbons (Fsp3) is 0.250. The molecule has 0 aliphatic rings. The molecule has 0 radical (unpaired) electrons. The third kappa shape index (κ3) is 6.01. The second-order valence-corrected chi connectivity index (χ2v) is 5.57. The number of nitrogens with one attached hydrogen (secondary N) is 1. The molecule has 28 heavy (non-hydrogen) atoms. The highest BCUT2D eigenvalue weighted by atomic mass is 16.6. The molecule has 0 unspecified atom stereocenters. The molecule has 0 saturated carbocycles. The number of esters is 1. The first kappa shape index (κ1) is 20.8. The maximum atomic E-state index is 11.8. The number of carbonyl (C=O) groups is 3. The van der Waals surface area contributed by atoms with Gasteiger partial charge >= 0.3 is 5.97 Å². The van der Waals surface area contributed by atoms with Crippen molar-refractivity contribution in [3.63, 3.8) is 0 Å². The number of para-hydroxylation sites is 1. The summed E-state index contributed by atoms with van der Waals surface area (Å²) in [4.78, 5) is 34.4. The van der Waals surface area contributed by atoms with Gasteiger partial charge in [0, 0.05) is 6.54 Å². The van der Waals surface area contributed by atoms with Crippen LogP contribution in [0.3, 0.4) is 0 Å². The summed E-state index contributed by atoms with van der Waals surface area (Å²) in [5.41, 5.74) is 1.12. The van der Waals surface area contributed by atoms with Crippen molar-refractivity contribution in [2.75, 3.05) is 27.4 Å². The van der Waals surface area contributed by atoms with Gasteiger partial charge in [0.25, 0.3) is 5.91 Å². The molecule has 0 bridgehead atoms. The first-order valence-electron chi connectivity index (χ1n) is 8.37. The highest BCUT2D eigenvalue weighted by Gasteiger charge is 2.11. The van der Waals surface area contributed by atoms with Crippen LogP contribution in [-0.2, 0) is 20.9 Å². The van der Waals surface area contributed by atoms with Gasteiger partial charge in [-0.25, -0.2) is 4.79 Å². The van der Waals surface area contributed by atoms with Crippen molar-refractivity contribution in [2.24, 2.45) is 0 Å². The van der Waals surface area contributed by atoms with Gasteiger partial charge in [0.15, 0.2) is 31.0 Å². The van der Waals surface area contributed by atoms with E-state index in [2.05, 4.69) is 5.32 Å². The lowest BCUT2D eigenvalue weighted by molar-refractivity contribution is -0.150. The molecule has 8 heteroatoms. The number of carbonyl (C=O) groups excluding carboxylic acids is 3. The molecule has 2 aromatic rings. The summed E-state index contributed by atoms with van der Waals surface area (Å²) in [7, 11) is 3.06. The molecule has 1 N–H and O–H groups in total. The van der Waals surface area contributed by atoms with Crippen molar-refractivity contribution < 1.29 is 33.3 Å². The van der Waals surface area contributed by atoms with Crippen LogP contribution in [-0.4, -0.2) is 45.6 Å². The normalized spacial score (nSPS) is 9.93. The van der Waals surface area contributed by atoms with Crippen molar-refractivity contribution in [1.82, 2.24) is 5.32 Å². The number of rotatable bonds is 10. The molecule has 0 aliphatic heterocycles. The van der Waals surface area contributed by atoms with E-state index in [1.54, 1.807) is 42.5 Å². The zero-order chi connectivity index (χ0) is 20.4. The van der Waals surface area contributed by atoms with E-state index in [0.29, 0.717) is 23.3 Å². The summed E-state index contributed by atoms with van der Waals surface area (Å²) >= 11 is 0. The van der Waals surface area contributed by atoms with E-state index < -0.39 is 25.1 Å². The fourth-order valence-corrected chi connectivity index (χ4v) is 2.28. The summed E-state index contributed by atoms with van der Waals surface area (Å²) in [5, 5.41) is 2.64. The van der Waals surface area contributed by atoms with Crippen LogP contribution >= 0.6 is 0 Å². The Hall–Kier alpha value is -3.55. The predicted octanol–water partition coefficient (Wildman–Crippen LogP) is 1.75. The minimum absolute atomic E-state index is 0.236. The summed E-state index contributed by atoms with van der Waals surface area (Å²) in [6.07, 6.45) is 0.627. The van der Waals surface area contributed by atoms with Crippen LogP contribution in [0.25, 0.3) is 0 Å². The van der Waals surface area contributed by atoms with Crippen molar-refractivity contribution in [2.45, 2.75) is 6.54 Å². The van der Waals surface area contributed by atoms with Crippen molar-refractivity contribution >= 4 is 18.2 Å². The Bertz CT molecular complexity index is 835.